The van der Waals surface area contributed by atoms with Gasteiger partial charge in [0, 0.05) is 6.07 Å². The van der Waals surface area contributed by atoms with E-state index in [1.54, 1.807) is 0 Å². The zero-order chi connectivity index (χ0) is 14.9. The molecule has 0 aliphatic heterocycles. The van der Waals surface area contributed by atoms with Gasteiger partial charge in [0.15, 0.2) is 0 Å². The highest BCUT2D eigenvalue weighted by atomic mass is 32.2. The number of halogens is 3. The standard InChI is InChI=1S/C13H10F3NO2S/c1-8-2-3-10(15)7-13(8)20(18,19)17-12-5-4-9(14)6-11(12)16/h2-7,17H,1H3. The first-order valence-corrected chi connectivity index (χ1v) is 7.02. The van der Waals surface area contributed by atoms with Crippen molar-refractivity contribution in [3.63, 3.8) is 0 Å². The lowest BCUT2D eigenvalue weighted by atomic mass is 10.2. The minimum atomic E-state index is -4.15. The van der Waals surface area contributed by atoms with E-state index in [9.17, 15) is 21.6 Å². The average Bonchev–Trinajstić information content (AvgIpc) is 2.35. The van der Waals surface area contributed by atoms with Gasteiger partial charge >= 0.3 is 0 Å². The van der Waals surface area contributed by atoms with Crippen LogP contribution in [-0.2, 0) is 10.0 Å². The lowest BCUT2D eigenvalue weighted by Gasteiger charge is -2.11. The van der Waals surface area contributed by atoms with Gasteiger partial charge < -0.3 is 0 Å². The van der Waals surface area contributed by atoms with E-state index in [-0.39, 0.29) is 4.90 Å². The highest BCUT2D eigenvalue weighted by Gasteiger charge is 2.19. The minimum absolute atomic E-state index is 0.304. The predicted octanol–water partition coefficient (Wildman–Crippen LogP) is 3.21. The van der Waals surface area contributed by atoms with E-state index in [0.717, 1.165) is 24.3 Å². The highest BCUT2D eigenvalue weighted by molar-refractivity contribution is 7.92. The van der Waals surface area contributed by atoms with Gasteiger partial charge in [-0.3, -0.25) is 4.72 Å². The Labute approximate surface area is 114 Å². The summed E-state index contributed by atoms with van der Waals surface area (Å²) in [6.07, 6.45) is 0. The molecule has 0 aliphatic carbocycles. The van der Waals surface area contributed by atoms with Crippen molar-refractivity contribution in [1.82, 2.24) is 0 Å². The summed E-state index contributed by atoms with van der Waals surface area (Å²) in [5.41, 5.74) is -0.100. The molecule has 3 nitrogen and oxygen atoms in total. The van der Waals surface area contributed by atoms with Crippen molar-refractivity contribution < 1.29 is 21.6 Å². The zero-order valence-electron chi connectivity index (χ0n) is 10.3. The first kappa shape index (κ1) is 14.4. The molecule has 0 bridgehead atoms. The van der Waals surface area contributed by atoms with E-state index < -0.39 is 33.2 Å². The van der Waals surface area contributed by atoms with E-state index in [1.807, 2.05) is 4.72 Å². The van der Waals surface area contributed by atoms with Crippen molar-refractivity contribution in [3.05, 3.63) is 59.4 Å². The first-order valence-electron chi connectivity index (χ1n) is 5.53. The average molecular weight is 301 g/mol. The fourth-order valence-electron chi connectivity index (χ4n) is 1.64. The lowest BCUT2D eigenvalue weighted by Crippen LogP contribution is -2.15. The van der Waals surface area contributed by atoms with Gasteiger partial charge in [0.1, 0.15) is 17.5 Å². The third-order valence-electron chi connectivity index (χ3n) is 2.62. The number of benzene rings is 2. The van der Waals surface area contributed by atoms with Crippen LogP contribution in [0.15, 0.2) is 41.3 Å². The summed E-state index contributed by atoms with van der Waals surface area (Å²) in [6.45, 7) is 1.48. The molecule has 1 N–H and O–H groups in total. The summed E-state index contributed by atoms with van der Waals surface area (Å²) in [5, 5.41) is 0. The number of nitrogens with one attached hydrogen (secondary N) is 1. The summed E-state index contributed by atoms with van der Waals surface area (Å²) in [6, 6.07) is 5.67. The van der Waals surface area contributed by atoms with Crippen molar-refractivity contribution in [3.8, 4) is 0 Å². The summed E-state index contributed by atoms with van der Waals surface area (Å²) in [4.78, 5) is -0.304. The molecule has 20 heavy (non-hydrogen) atoms. The number of aryl methyl sites for hydroxylation is 1. The van der Waals surface area contributed by atoms with Gasteiger partial charge in [0.25, 0.3) is 10.0 Å². The smallest absolute Gasteiger partial charge is 0.262 e. The largest absolute Gasteiger partial charge is 0.277 e. The maximum atomic E-state index is 13.4. The van der Waals surface area contributed by atoms with Crippen molar-refractivity contribution in [2.45, 2.75) is 11.8 Å². The van der Waals surface area contributed by atoms with Gasteiger partial charge in [-0.15, -0.1) is 0 Å². The number of hydrogen-bond donors (Lipinski definition) is 1. The van der Waals surface area contributed by atoms with Crippen LogP contribution in [0, 0.1) is 24.4 Å². The molecule has 0 saturated carbocycles. The number of rotatable bonds is 3. The second-order valence-electron chi connectivity index (χ2n) is 4.14. The highest BCUT2D eigenvalue weighted by Crippen LogP contribution is 2.22. The molecule has 0 unspecified atom stereocenters. The van der Waals surface area contributed by atoms with Crippen LogP contribution in [-0.4, -0.2) is 8.42 Å². The van der Waals surface area contributed by atoms with Gasteiger partial charge in [-0.05, 0) is 36.8 Å². The molecule has 0 saturated heterocycles. The Hall–Kier alpha value is -2.02. The molecule has 0 spiro atoms. The maximum Gasteiger partial charge on any atom is 0.262 e. The molecule has 0 fully saturated rings. The monoisotopic (exact) mass is 301 g/mol. The van der Waals surface area contributed by atoms with Crippen molar-refractivity contribution in [2.24, 2.45) is 0 Å². The molecule has 2 rings (SSSR count). The summed E-state index contributed by atoms with van der Waals surface area (Å²) in [5.74, 6) is -2.61. The molecular weight excluding hydrogens is 291 g/mol. The number of hydrogen-bond acceptors (Lipinski definition) is 2. The third-order valence-corrected chi connectivity index (χ3v) is 4.12. The number of sulfonamides is 1. The fraction of sp³-hybridized carbons (Fsp3) is 0.0769. The van der Waals surface area contributed by atoms with Crippen molar-refractivity contribution >= 4 is 15.7 Å². The molecule has 0 atom stereocenters. The van der Waals surface area contributed by atoms with Crippen LogP contribution in [0.1, 0.15) is 5.56 Å². The van der Waals surface area contributed by atoms with Crippen LogP contribution < -0.4 is 4.72 Å². The Balaban J connectivity index is 2.43. The maximum absolute atomic E-state index is 13.4. The Kier molecular flexibility index (Phi) is 3.71. The predicted molar refractivity (Wildman–Crippen MR) is 68.3 cm³/mol. The van der Waals surface area contributed by atoms with Gasteiger partial charge in [-0.2, -0.15) is 0 Å². The zero-order valence-corrected chi connectivity index (χ0v) is 11.1. The Morgan fingerprint density at radius 3 is 2.20 bits per heavy atom. The summed E-state index contributed by atoms with van der Waals surface area (Å²) >= 11 is 0. The van der Waals surface area contributed by atoms with Crippen LogP contribution in [0.5, 0.6) is 0 Å². The first-order chi connectivity index (χ1) is 9.29. The Morgan fingerprint density at radius 2 is 1.55 bits per heavy atom. The van der Waals surface area contributed by atoms with E-state index in [1.165, 1.54) is 13.0 Å². The van der Waals surface area contributed by atoms with Gasteiger partial charge in [0.2, 0.25) is 0 Å². The molecule has 0 radical (unpaired) electrons. The van der Waals surface area contributed by atoms with Gasteiger partial charge in [-0.25, -0.2) is 21.6 Å². The van der Waals surface area contributed by atoms with Crippen LogP contribution in [0.3, 0.4) is 0 Å². The molecule has 0 heterocycles. The molecule has 2 aromatic carbocycles. The SMILES string of the molecule is Cc1ccc(F)cc1S(=O)(=O)Nc1ccc(F)cc1F. The molecule has 106 valence electrons. The normalized spacial score (nSPS) is 11.4. The topological polar surface area (TPSA) is 46.2 Å². The van der Waals surface area contributed by atoms with Crippen molar-refractivity contribution in [1.29, 1.82) is 0 Å². The van der Waals surface area contributed by atoms with E-state index in [4.69, 9.17) is 0 Å². The molecule has 7 heteroatoms. The van der Waals surface area contributed by atoms with Crippen LogP contribution in [0.2, 0.25) is 0 Å². The minimum Gasteiger partial charge on any atom is -0.277 e. The summed E-state index contributed by atoms with van der Waals surface area (Å²) < 4.78 is 65.4. The van der Waals surface area contributed by atoms with Gasteiger partial charge in [-0.1, -0.05) is 6.07 Å². The third kappa shape index (κ3) is 2.93. The Bertz CT molecular complexity index is 760. The molecule has 0 aliphatic rings. The number of anilines is 1. The van der Waals surface area contributed by atoms with E-state index >= 15 is 0 Å². The second-order valence-corrected chi connectivity index (χ2v) is 5.79. The van der Waals surface area contributed by atoms with Crippen LogP contribution in [0.25, 0.3) is 0 Å². The molecule has 0 aromatic heterocycles. The molecule has 2 aromatic rings. The molecular formula is C13H10F3NO2S. The van der Waals surface area contributed by atoms with Crippen LogP contribution >= 0.6 is 0 Å². The van der Waals surface area contributed by atoms with E-state index in [2.05, 4.69) is 0 Å². The van der Waals surface area contributed by atoms with Gasteiger partial charge in [0.05, 0.1) is 10.6 Å². The Morgan fingerprint density at radius 1 is 0.950 bits per heavy atom. The van der Waals surface area contributed by atoms with E-state index in [0.29, 0.717) is 11.6 Å². The fourth-order valence-corrected chi connectivity index (χ4v) is 2.96. The quantitative estimate of drug-likeness (QED) is 0.946. The summed E-state index contributed by atoms with van der Waals surface area (Å²) in [7, 11) is -4.15. The van der Waals surface area contributed by atoms with Crippen LogP contribution in [0.4, 0.5) is 18.9 Å². The lowest BCUT2D eigenvalue weighted by molar-refractivity contribution is 0.582. The molecule has 0 amide bonds. The second kappa shape index (κ2) is 5.16. The van der Waals surface area contributed by atoms with Crippen molar-refractivity contribution in [2.75, 3.05) is 4.72 Å².